The minimum atomic E-state index is -0.278. The number of aliphatic hydroxyl groups excluding tert-OH is 1. The normalized spacial score (nSPS) is 21.2. The van der Waals surface area contributed by atoms with Crippen LogP contribution in [0.15, 0.2) is 79.0 Å². The number of piperazine rings is 1. The van der Waals surface area contributed by atoms with Crippen molar-refractivity contribution in [2.75, 3.05) is 19.7 Å². The molecule has 6 heteroatoms. The molecule has 2 fully saturated rings. The van der Waals surface area contributed by atoms with Crippen molar-refractivity contribution in [1.29, 1.82) is 0 Å². The van der Waals surface area contributed by atoms with E-state index in [-0.39, 0.29) is 43.0 Å². The summed E-state index contributed by atoms with van der Waals surface area (Å²) in [5.74, 6) is 5.98. The molecule has 170 valence electrons. The highest BCUT2D eigenvalue weighted by molar-refractivity contribution is 5.96. The molecule has 6 nitrogen and oxygen atoms in total. The first-order chi connectivity index (χ1) is 16.7. The molecular formula is C28H25N3O3. The van der Waals surface area contributed by atoms with Crippen LogP contribution in [0, 0.1) is 11.8 Å². The molecule has 2 saturated heterocycles. The summed E-state index contributed by atoms with van der Waals surface area (Å²) >= 11 is 0. The van der Waals surface area contributed by atoms with Crippen LogP contribution in [-0.2, 0) is 11.2 Å². The number of aromatic nitrogens is 1. The molecule has 5 rings (SSSR count). The number of hydrogen-bond donors (Lipinski definition) is 1. The van der Waals surface area contributed by atoms with Crippen LogP contribution < -0.4 is 0 Å². The molecule has 1 N–H and O–H groups in total. The van der Waals surface area contributed by atoms with Crippen molar-refractivity contribution < 1.29 is 14.7 Å². The van der Waals surface area contributed by atoms with Gasteiger partial charge in [-0.1, -0.05) is 60.4 Å². The van der Waals surface area contributed by atoms with Crippen LogP contribution in [0.2, 0.25) is 0 Å². The molecule has 0 bridgehead atoms. The molecule has 2 aliphatic heterocycles. The average Bonchev–Trinajstić information content (AvgIpc) is 2.87. The van der Waals surface area contributed by atoms with Crippen molar-refractivity contribution in [2.45, 2.75) is 24.4 Å². The minimum absolute atomic E-state index is 0.00503. The summed E-state index contributed by atoms with van der Waals surface area (Å²) in [6.07, 6.45) is 2.26. The van der Waals surface area contributed by atoms with Crippen molar-refractivity contribution in [3.05, 3.63) is 101 Å². The van der Waals surface area contributed by atoms with Crippen LogP contribution in [-0.4, -0.2) is 63.5 Å². The van der Waals surface area contributed by atoms with E-state index in [0.717, 1.165) is 11.1 Å². The van der Waals surface area contributed by atoms with Crippen LogP contribution in [0.4, 0.5) is 0 Å². The molecule has 2 aromatic carbocycles. The van der Waals surface area contributed by atoms with Crippen LogP contribution >= 0.6 is 0 Å². The highest BCUT2D eigenvalue weighted by atomic mass is 16.3. The van der Waals surface area contributed by atoms with Gasteiger partial charge in [0.2, 0.25) is 5.91 Å². The van der Waals surface area contributed by atoms with Crippen LogP contribution in [0.25, 0.3) is 0 Å². The first-order valence-electron chi connectivity index (χ1n) is 11.4. The Hall–Kier alpha value is -3.95. The number of benzene rings is 2. The van der Waals surface area contributed by atoms with E-state index in [2.05, 4.69) is 29.0 Å². The Morgan fingerprint density at radius 2 is 1.79 bits per heavy atom. The SMILES string of the molecule is O=C(c1ccccn1)N1CC(=O)N2[C@H](CO)[C@@H](c3ccc(C#CCc4ccccc4)cc3)[C@@H]2C1. The molecule has 3 heterocycles. The van der Waals surface area contributed by atoms with Crippen LogP contribution in [0.5, 0.6) is 0 Å². The maximum absolute atomic E-state index is 12.9. The lowest BCUT2D eigenvalue weighted by Gasteiger charge is -2.58. The summed E-state index contributed by atoms with van der Waals surface area (Å²) in [4.78, 5) is 33.1. The predicted molar refractivity (Wildman–Crippen MR) is 128 cm³/mol. The molecule has 34 heavy (non-hydrogen) atoms. The van der Waals surface area contributed by atoms with Crippen LogP contribution in [0.1, 0.15) is 33.1 Å². The van der Waals surface area contributed by atoms with E-state index in [0.29, 0.717) is 18.7 Å². The number of amides is 2. The van der Waals surface area contributed by atoms with E-state index < -0.39 is 0 Å². The highest BCUT2D eigenvalue weighted by Gasteiger charge is 2.54. The van der Waals surface area contributed by atoms with Gasteiger partial charge in [-0.15, -0.1) is 0 Å². The van der Waals surface area contributed by atoms with Gasteiger partial charge in [0.25, 0.3) is 5.91 Å². The fourth-order valence-corrected chi connectivity index (χ4v) is 4.94. The molecule has 0 radical (unpaired) electrons. The second kappa shape index (κ2) is 9.50. The fraction of sp³-hybridized carbons (Fsp3) is 0.250. The zero-order chi connectivity index (χ0) is 23.5. The topological polar surface area (TPSA) is 73.7 Å². The van der Waals surface area contributed by atoms with E-state index in [4.69, 9.17) is 0 Å². The third-order valence-electron chi connectivity index (χ3n) is 6.59. The first kappa shape index (κ1) is 21.9. The second-order valence-corrected chi connectivity index (χ2v) is 8.63. The monoisotopic (exact) mass is 451 g/mol. The Balaban J connectivity index is 1.31. The number of carbonyl (C=O) groups excluding carboxylic acids is 2. The second-order valence-electron chi connectivity index (χ2n) is 8.63. The Morgan fingerprint density at radius 3 is 2.50 bits per heavy atom. The molecule has 0 unspecified atom stereocenters. The van der Waals surface area contributed by atoms with Gasteiger partial charge in [0.1, 0.15) is 12.2 Å². The van der Waals surface area contributed by atoms with Crippen molar-refractivity contribution in [3.8, 4) is 11.8 Å². The van der Waals surface area contributed by atoms with Crippen molar-refractivity contribution in [2.24, 2.45) is 0 Å². The fourth-order valence-electron chi connectivity index (χ4n) is 4.94. The van der Waals surface area contributed by atoms with Gasteiger partial charge < -0.3 is 14.9 Å². The van der Waals surface area contributed by atoms with E-state index >= 15 is 0 Å². The molecule has 0 saturated carbocycles. The molecule has 0 spiro atoms. The summed E-state index contributed by atoms with van der Waals surface area (Å²) in [5, 5.41) is 10.00. The molecule has 2 aliphatic rings. The zero-order valence-corrected chi connectivity index (χ0v) is 18.7. The maximum Gasteiger partial charge on any atom is 0.272 e. The van der Waals surface area contributed by atoms with Crippen molar-refractivity contribution in [3.63, 3.8) is 0 Å². The molecular weight excluding hydrogens is 426 g/mol. The van der Waals surface area contributed by atoms with Crippen LogP contribution in [0.3, 0.4) is 0 Å². The maximum atomic E-state index is 12.9. The Kier molecular flexibility index (Phi) is 6.11. The number of aliphatic hydroxyl groups is 1. The van der Waals surface area contributed by atoms with E-state index in [1.165, 1.54) is 5.56 Å². The molecule has 0 aliphatic carbocycles. The Morgan fingerprint density at radius 1 is 1.03 bits per heavy atom. The zero-order valence-electron chi connectivity index (χ0n) is 18.7. The van der Waals surface area contributed by atoms with Crippen molar-refractivity contribution in [1.82, 2.24) is 14.8 Å². The summed E-state index contributed by atoms with van der Waals surface area (Å²) in [5.41, 5.74) is 3.47. The third kappa shape index (κ3) is 4.18. The number of rotatable bonds is 4. The largest absolute Gasteiger partial charge is 0.394 e. The molecule has 3 aromatic rings. The number of pyridine rings is 1. The van der Waals surface area contributed by atoms with Gasteiger partial charge in [-0.2, -0.15) is 0 Å². The standard InChI is InChI=1S/C28H25N3O3/c32-19-25-27(22-14-12-21(13-15-22)10-6-9-20-7-2-1-3-8-20)24-17-30(18-26(33)31(24)25)28(34)23-11-4-5-16-29-23/h1-5,7-8,11-16,24-25,27,32H,9,17-19H2/t24-,25+,27-/m0/s1. The number of carbonyl (C=O) groups is 2. The summed E-state index contributed by atoms with van der Waals surface area (Å²) in [6, 6.07) is 22.8. The van der Waals surface area contributed by atoms with Gasteiger partial charge in [-0.25, -0.2) is 0 Å². The van der Waals surface area contributed by atoms with Gasteiger partial charge >= 0.3 is 0 Å². The van der Waals surface area contributed by atoms with E-state index in [1.54, 1.807) is 34.2 Å². The number of hydrogen-bond acceptors (Lipinski definition) is 4. The van der Waals surface area contributed by atoms with E-state index in [9.17, 15) is 14.7 Å². The average molecular weight is 452 g/mol. The van der Waals surface area contributed by atoms with Gasteiger partial charge in [0.15, 0.2) is 0 Å². The van der Waals surface area contributed by atoms with Gasteiger partial charge in [0.05, 0.1) is 18.7 Å². The number of fused-ring (bicyclic) bond motifs is 1. The number of nitrogens with zero attached hydrogens (tertiary/aromatic N) is 3. The lowest BCUT2D eigenvalue weighted by molar-refractivity contribution is -0.159. The highest BCUT2D eigenvalue weighted by Crippen LogP contribution is 2.43. The summed E-state index contributed by atoms with van der Waals surface area (Å²) in [7, 11) is 0. The molecule has 3 atom stereocenters. The van der Waals surface area contributed by atoms with Gasteiger partial charge in [-0.05, 0) is 35.4 Å². The lowest BCUT2D eigenvalue weighted by Crippen LogP contribution is -2.73. The Labute approximate surface area is 198 Å². The third-order valence-corrected chi connectivity index (χ3v) is 6.59. The van der Waals surface area contributed by atoms with Gasteiger partial charge in [-0.3, -0.25) is 14.6 Å². The predicted octanol–water partition coefficient (Wildman–Crippen LogP) is 2.49. The molecule has 1 aromatic heterocycles. The molecule has 2 amide bonds. The van der Waals surface area contributed by atoms with E-state index in [1.807, 2.05) is 42.5 Å². The quantitative estimate of drug-likeness (QED) is 0.619. The van der Waals surface area contributed by atoms with Crippen molar-refractivity contribution >= 4 is 11.8 Å². The first-order valence-corrected chi connectivity index (χ1v) is 11.4. The van der Waals surface area contributed by atoms with Gasteiger partial charge in [0, 0.05) is 30.6 Å². The summed E-state index contributed by atoms with van der Waals surface area (Å²) < 4.78 is 0. The Bertz CT molecular complexity index is 1230. The minimum Gasteiger partial charge on any atom is -0.394 e. The lowest BCUT2D eigenvalue weighted by atomic mass is 9.73. The smallest absolute Gasteiger partial charge is 0.272 e. The summed E-state index contributed by atoms with van der Waals surface area (Å²) in [6.45, 7) is 0.311.